The van der Waals surface area contributed by atoms with Crippen LogP contribution in [0.25, 0.3) is 11.1 Å². The first-order valence-electron chi connectivity index (χ1n) is 8.34. The minimum atomic E-state index is -0.390. The van der Waals surface area contributed by atoms with Crippen LogP contribution in [0, 0.1) is 25.7 Å². The molecule has 0 aliphatic heterocycles. The molecule has 26 heavy (non-hydrogen) atoms. The van der Waals surface area contributed by atoms with Gasteiger partial charge in [0.25, 0.3) is 5.56 Å². The van der Waals surface area contributed by atoms with Crippen molar-refractivity contribution < 1.29 is 0 Å². The SMILES string of the molecule is Cc1ccc(C#Cc2c(-c3ccc(C)cc3)c(=O)n(C)c(=O)n2C)cc1. The Hall–Kier alpha value is -3.32. The summed E-state index contributed by atoms with van der Waals surface area (Å²) in [6, 6.07) is 15.5. The van der Waals surface area contributed by atoms with E-state index in [0.29, 0.717) is 11.3 Å². The van der Waals surface area contributed by atoms with Gasteiger partial charge in [0.05, 0.1) is 5.56 Å². The average Bonchev–Trinajstić information content (AvgIpc) is 2.64. The Kier molecular flexibility index (Phi) is 4.64. The normalized spacial score (nSPS) is 10.3. The average molecular weight is 344 g/mol. The van der Waals surface area contributed by atoms with Gasteiger partial charge in [0.15, 0.2) is 0 Å². The molecule has 0 unspecified atom stereocenters. The number of aryl methyl sites for hydroxylation is 2. The Morgan fingerprint density at radius 3 is 1.85 bits per heavy atom. The highest BCUT2D eigenvalue weighted by Crippen LogP contribution is 2.19. The molecule has 4 heteroatoms. The van der Waals surface area contributed by atoms with Gasteiger partial charge < -0.3 is 0 Å². The summed E-state index contributed by atoms with van der Waals surface area (Å²) in [4.78, 5) is 25.1. The minimum Gasteiger partial charge on any atom is -0.289 e. The van der Waals surface area contributed by atoms with E-state index in [4.69, 9.17) is 0 Å². The van der Waals surface area contributed by atoms with Crippen molar-refractivity contribution in [2.24, 2.45) is 14.1 Å². The van der Waals surface area contributed by atoms with Crippen LogP contribution >= 0.6 is 0 Å². The van der Waals surface area contributed by atoms with E-state index in [1.165, 1.54) is 11.6 Å². The van der Waals surface area contributed by atoms with Crippen molar-refractivity contribution in [3.05, 3.63) is 91.8 Å². The maximum atomic E-state index is 12.8. The van der Waals surface area contributed by atoms with Gasteiger partial charge in [-0.1, -0.05) is 53.4 Å². The molecule has 0 aliphatic rings. The van der Waals surface area contributed by atoms with Gasteiger partial charge >= 0.3 is 5.69 Å². The molecular formula is C22H20N2O2. The van der Waals surface area contributed by atoms with Gasteiger partial charge in [-0.25, -0.2) is 4.79 Å². The summed E-state index contributed by atoms with van der Waals surface area (Å²) in [7, 11) is 3.12. The highest BCUT2D eigenvalue weighted by atomic mass is 16.2. The van der Waals surface area contributed by atoms with Gasteiger partial charge in [0, 0.05) is 19.7 Å². The van der Waals surface area contributed by atoms with Crippen LogP contribution in [0.2, 0.25) is 0 Å². The van der Waals surface area contributed by atoms with E-state index in [1.54, 1.807) is 7.05 Å². The third-order valence-electron chi connectivity index (χ3n) is 4.38. The number of hydrogen-bond donors (Lipinski definition) is 0. The molecule has 130 valence electrons. The van der Waals surface area contributed by atoms with Crippen molar-refractivity contribution in [2.45, 2.75) is 13.8 Å². The molecule has 0 fully saturated rings. The van der Waals surface area contributed by atoms with Crippen molar-refractivity contribution >= 4 is 0 Å². The zero-order valence-corrected chi connectivity index (χ0v) is 15.3. The Labute approximate surface area is 152 Å². The maximum Gasteiger partial charge on any atom is 0.331 e. The van der Waals surface area contributed by atoms with Gasteiger partial charge in [-0.05, 0) is 37.5 Å². The van der Waals surface area contributed by atoms with Gasteiger partial charge in [0.1, 0.15) is 5.69 Å². The fraction of sp³-hybridized carbons (Fsp3) is 0.182. The molecule has 0 spiro atoms. The Morgan fingerprint density at radius 1 is 0.731 bits per heavy atom. The first-order valence-corrected chi connectivity index (χ1v) is 8.34. The van der Waals surface area contributed by atoms with E-state index >= 15 is 0 Å². The molecule has 0 atom stereocenters. The molecule has 0 saturated carbocycles. The summed E-state index contributed by atoms with van der Waals surface area (Å²) in [6.45, 7) is 4.00. The molecule has 1 heterocycles. The topological polar surface area (TPSA) is 44.0 Å². The zero-order chi connectivity index (χ0) is 18.8. The maximum absolute atomic E-state index is 12.8. The van der Waals surface area contributed by atoms with E-state index < -0.39 is 0 Å². The van der Waals surface area contributed by atoms with Crippen molar-refractivity contribution in [3.63, 3.8) is 0 Å². The molecule has 0 amide bonds. The van der Waals surface area contributed by atoms with Gasteiger partial charge in [0.2, 0.25) is 0 Å². The Morgan fingerprint density at radius 2 is 1.27 bits per heavy atom. The predicted molar refractivity (Wildman–Crippen MR) is 104 cm³/mol. The fourth-order valence-corrected chi connectivity index (χ4v) is 2.74. The molecule has 0 bridgehead atoms. The van der Waals surface area contributed by atoms with E-state index in [0.717, 1.165) is 26.8 Å². The quantitative estimate of drug-likeness (QED) is 0.637. The third kappa shape index (κ3) is 3.25. The molecule has 0 saturated heterocycles. The van der Waals surface area contributed by atoms with Crippen LogP contribution in [0.3, 0.4) is 0 Å². The number of nitrogens with zero attached hydrogens (tertiary/aromatic N) is 2. The van der Waals surface area contributed by atoms with Crippen LogP contribution in [-0.4, -0.2) is 9.13 Å². The summed E-state index contributed by atoms with van der Waals surface area (Å²) in [6.07, 6.45) is 0. The van der Waals surface area contributed by atoms with Crippen molar-refractivity contribution in [1.82, 2.24) is 9.13 Å². The molecule has 0 radical (unpaired) electrons. The third-order valence-corrected chi connectivity index (χ3v) is 4.38. The lowest BCUT2D eigenvalue weighted by Crippen LogP contribution is -2.39. The number of aromatic nitrogens is 2. The predicted octanol–water partition coefficient (Wildman–Crippen LogP) is 2.77. The van der Waals surface area contributed by atoms with Gasteiger partial charge in [-0.3, -0.25) is 13.9 Å². The summed E-state index contributed by atoms with van der Waals surface area (Å²) in [5.41, 5.74) is 3.96. The highest BCUT2D eigenvalue weighted by molar-refractivity contribution is 5.69. The molecule has 4 nitrogen and oxygen atoms in total. The van der Waals surface area contributed by atoms with Crippen molar-refractivity contribution in [1.29, 1.82) is 0 Å². The van der Waals surface area contributed by atoms with E-state index in [2.05, 4.69) is 11.8 Å². The molecule has 0 aliphatic carbocycles. The molecule has 3 rings (SSSR count). The van der Waals surface area contributed by atoms with Crippen molar-refractivity contribution in [2.75, 3.05) is 0 Å². The summed E-state index contributed by atoms with van der Waals surface area (Å²) >= 11 is 0. The van der Waals surface area contributed by atoms with Gasteiger partial charge in [-0.2, -0.15) is 0 Å². The molecule has 2 aromatic carbocycles. The first-order chi connectivity index (χ1) is 12.4. The summed E-state index contributed by atoms with van der Waals surface area (Å²) < 4.78 is 2.55. The van der Waals surface area contributed by atoms with E-state index in [9.17, 15) is 9.59 Å². The largest absolute Gasteiger partial charge is 0.331 e. The molecular weight excluding hydrogens is 324 g/mol. The number of benzene rings is 2. The zero-order valence-electron chi connectivity index (χ0n) is 15.3. The van der Waals surface area contributed by atoms with E-state index in [-0.39, 0.29) is 11.2 Å². The lowest BCUT2D eigenvalue weighted by Gasteiger charge is -2.11. The van der Waals surface area contributed by atoms with Crippen LogP contribution in [0.5, 0.6) is 0 Å². The van der Waals surface area contributed by atoms with Crippen LogP contribution in [0.1, 0.15) is 22.4 Å². The second kappa shape index (κ2) is 6.89. The second-order valence-corrected chi connectivity index (χ2v) is 6.41. The molecule has 3 aromatic rings. The first kappa shape index (κ1) is 17.5. The van der Waals surface area contributed by atoms with Crippen LogP contribution in [0.15, 0.2) is 58.1 Å². The van der Waals surface area contributed by atoms with Crippen LogP contribution < -0.4 is 11.2 Å². The lowest BCUT2D eigenvalue weighted by molar-refractivity contribution is 0.682. The highest BCUT2D eigenvalue weighted by Gasteiger charge is 2.15. The monoisotopic (exact) mass is 344 g/mol. The van der Waals surface area contributed by atoms with Gasteiger partial charge in [-0.15, -0.1) is 0 Å². The summed E-state index contributed by atoms with van der Waals surface area (Å²) in [5, 5.41) is 0. The Bertz CT molecular complexity index is 1140. The van der Waals surface area contributed by atoms with Crippen LogP contribution in [0.4, 0.5) is 0 Å². The second-order valence-electron chi connectivity index (χ2n) is 6.41. The fourth-order valence-electron chi connectivity index (χ4n) is 2.74. The molecule has 0 N–H and O–H groups in total. The van der Waals surface area contributed by atoms with Crippen molar-refractivity contribution in [3.8, 4) is 23.0 Å². The standard InChI is InChI=1S/C22H20N2O2/c1-15-5-9-17(10-6-15)11-14-19-20(18-12-7-16(2)8-13-18)21(25)24(4)22(26)23(19)3/h5-10,12-13H,1-4H3. The molecule has 1 aromatic heterocycles. The smallest absolute Gasteiger partial charge is 0.289 e. The number of hydrogen-bond acceptors (Lipinski definition) is 2. The minimum absolute atomic E-state index is 0.342. The number of rotatable bonds is 1. The van der Waals surface area contributed by atoms with Crippen LogP contribution in [-0.2, 0) is 14.1 Å². The van der Waals surface area contributed by atoms with E-state index in [1.807, 2.05) is 62.4 Å². The Balaban J connectivity index is 2.27. The summed E-state index contributed by atoms with van der Waals surface area (Å²) in [5.74, 6) is 6.11. The lowest BCUT2D eigenvalue weighted by atomic mass is 10.0.